The van der Waals surface area contributed by atoms with E-state index in [1.165, 1.54) is 18.2 Å². The van der Waals surface area contributed by atoms with E-state index >= 15 is 0 Å². The van der Waals surface area contributed by atoms with Crippen molar-refractivity contribution in [2.45, 2.75) is 63.3 Å². The molecular weight excluding hydrogens is 359 g/mol. The minimum absolute atomic E-state index is 0.212. The van der Waals surface area contributed by atoms with Crippen LogP contribution in [0.4, 0.5) is 22.0 Å². The maximum Gasteiger partial charge on any atom is 0.432 e. The van der Waals surface area contributed by atoms with Gasteiger partial charge >= 0.3 is 12.1 Å². The van der Waals surface area contributed by atoms with Crippen LogP contribution in [0.25, 0.3) is 0 Å². The van der Waals surface area contributed by atoms with Gasteiger partial charge in [0.1, 0.15) is 0 Å². The molecule has 0 aliphatic carbocycles. The molecular formula is C18H23F5O3. The van der Waals surface area contributed by atoms with Crippen molar-refractivity contribution in [1.82, 2.24) is 0 Å². The molecule has 0 heterocycles. The van der Waals surface area contributed by atoms with Crippen molar-refractivity contribution in [3.63, 3.8) is 0 Å². The van der Waals surface area contributed by atoms with Crippen molar-refractivity contribution in [3.05, 3.63) is 35.9 Å². The third-order valence-corrected chi connectivity index (χ3v) is 4.05. The first-order valence-electron chi connectivity index (χ1n) is 8.37. The smallest absolute Gasteiger partial charge is 0.432 e. The molecule has 0 radical (unpaired) electrons. The van der Waals surface area contributed by atoms with Crippen molar-refractivity contribution in [2.75, 3.05) is 7.11 Å². The van der Waals surface area contributed by atoms with Gasteiger partial charge in [-0.3, -0.25) is 0 Å². The number of esters is 1. The average Bonchev–Trinajstić information content (AvgIpc) is 2.58. The maximum absolute atomic E-state index is 13.7. The molecule has 1 aromatic rings. The number of hydrogen-bond donors (Lipinski definition) is 0. The number of unbranched alkanes of at least 4 members (excludes halogenated alkanes) is 3. The van der Waals surface area contributed by atoms with E-state index in [1.807, 2.05) is 6.92 Å². The fourth-order valence-corrected chi connectivity index (χ4v) is 2.62. The number of benzene rings is 1. The third kappa shape index (κ3) is 5.16. The Hall–Kier alpha value is -1.70. The summed E-state index contributed by atoms with van der Waals surface area (Å²) in [5.74, 6) is -1.89. The van der Waals surface area contributed by atoms with Gasteiger partial charge in [-0.2, -0.15) is 13.2 Å². The number of carbonyl (C=O) groups excluding carboxylic acids is 1. The molecule has 1 rings (SSSR count). The van der Waals surface area contributed by atoms with Crippen LogP contribution in [0.3, 0.4) is 0 Å². The lowest BCUT2D eigenvalue weighted by molar-refractivity contribution is -0.280. The summed E-state index contributed by atoms with van der Waals surface area (Å²) in [7, 11) is 0.695. The van der Waals surface area contributed by atoms with Crippen LogP contribution < -0.4 is 0 Å². The lowest BCUT2D eigenvalue weighted by Crippen LogP contribution is -2.53. The van der Waals surface area contributed by atoms with Crippen molar-refractivity contribution < 1.29 is 36.2 Å². The molecule has 2 atom stereocenters. The molecule has 0 aliphatic heterocycles. The van der Waals surface area contributed by atoms with E-state index in [0.717, 1.165) is 25.0 Å². The quantitative estimate of drug-likeness (QED) is 0.315. The fraction of sp³-hybridized carbons (Fsp3) is 0.611. The highest BCUT2D eigenvalue weighted by molar-refractivity contribution is 5.82. The maximum atomic E-state index is 13.7. The Labute approximate surface area is 149 Å². The zero-order chi connectivity index (χ0) is 19.8. The average molecular weight is 382 g/mol. The second kappa shape index (κ2) is 9.85. The Bertz CT molecular complexity index is 548. The van der Waals surface area contributed by atoms with E-state index in [1.54, 1.807) is 0 Å². The SMILES string of the molecule is CCCCCC[C@@H](OC(=O)[C@@](OC)(c1ccccc1)C(F)(F)F)C(F)F. The predicted molar refractivity (Wildman–Crippen MR) is 85.8 cm³/mol. The zero-order valence-electron chi connectivity index (χ0n) is 14.7. The van der Waals surface area contributed by atoms with E-state index in [4.69, 9.17) is 0 Å². The van der Waals surface area contributed by atoms with Crippen LogP contribution in [-0.2, 0) is 19.9 Å². The molecule has 0 aliphatic rings. The minimum atomic E-state index is -5.19. The van der Waals surface area contributed by atoms with Crippen LogP contribution >= 0.6 is 0 Å². The van der Waals surface area contributed by atoms with Crippen LogP contribution in [0.5, 0.6) is 0 Å². The van der Waals surface area contributed by atoms with Crippen molar-refractivity contribution in [1.29, 1.82) is 0 Å². The summed E-state index contributed by atoms with van der Waals surface area (Å²) in [5.41, 5.74) is -3.98. The molecule has 3 nitrogen and oxygen atoms in total. The van der Waals surface area contributed by atoms with Gasteiger partial charge in [0, 0.05) is 12.7 Å². The lowest BCUT2D eigenvalue weighted by atomic mass is 9.92. The molecule has 8 heteroatoms. The van der Waals surface area contributed by atoms with Gasteiger partial charge < -0.3 is 9.47 Å². The summed E-state index contributed by atoms with van der Waals surface area (Å²) in [6.07, 6.45) is -7.77. The summed E-state index contributed by atoms with van der Waals surface area (Å²) in [5, 5.41) is 0. The van der Waals surface area contributed by atoms with E-state index in [0.29, 0.717) is 20.0 Å². The van der Waals surface area contributed by atoms with Gasteiger partial charge in [-0.25, -0.2) is 13.6 Å². The number of hydrogen-bond acceptors (Lipinski definition) is 3. The van der Waals surface area contributed by atoms with Gasteiger partial charge in [-0.05, 0) is 12.8 Å². The molecule has 0 fully saturated rings. The molecule has 0 spiro atoms. The van der Waals surface area contributed by atoms with Gasteiger partial charge in [0.15, 0.2) is 6.10 Å². The summed E-state index contributed by atoms with van der Waals surface area (Å²) in [6, 6.07) is 6.12. The number of methoxy groups -OCH3 is 1. The van der Waals surface area contributed by atoms with Crippen LogP contribution in [0.1, 0.15) is 44.6 Å². The number of halogens is 5. The van der Waals surface area contributed by atoms with Crippen molar-refractivity contribution >= 4 is 5.97 Å². The molecule has 148 valence electrons. The van der Waals surface area contributed by atoms with Gasteiger partial charge in [-0.15, -0.1) is 0 Å². The van der Waals surface area contributed by atoms with Gasteiger partial charge in [0.25, 0.3) is 12.0 Å². The molecule has 0 saturated carbocycles. The van der Waals surface area contributed by atoms with Crippen LogP contribution in [-0.4, -0.2) is 31.8 Å². The topological polar surface area (TPSA) is 35.5 Å². The first-order chi connectivity index (χ1) is 12.2. The lowest BCUT2D eigenvalue weighted by Gasteiger charge is -2.33. The normalized spacial score (nSPS) is 15.5. The van der Waals surface area contributed by atoms with E-state index in [9.17, 15) is 26.7 Å². The summed E-state index contributed by atoms with van der Waals surface area (Å²) >= 11 is 0. The summed E-state index contributed by atoms with van der Waals surface area (Å²) < 4.78 is 76.6. The van der Waals surface area contributed by atoms with Crippen LogP contribution in [0.15, 0.2) is 30.3 Å². The van der Waals surface area contributed by atoms with Crippen LogP contribution in [0, 0.1) is 0 Å². The summed E-state index contributed by atoms with van der Waals surface area (Å²) in [4.78, 5) is 12.3. The Morgan fingerprint density at radius 1 is 1.08 bits per heavy atom. The molecule has 1 aromatic carbocycles. The Balaban J connectivity index is 3.08. The Morgan fingerprint density at radius 2 is 1.69 bits per heavy atom. The zero-order valence-corrected chi connectivity index (χ0v) is 14.7. The molecule has 0 saturated heterocycles. The molecule has 0 bridgehead atoms. The van der Waals surface area contributed by atoms with E-state index in [2.05, 4.69) is 9.47 Å². The van der Waals surface area contributed by atoms with E-state index < -0.39 is 35.8 Å². The first-order valence-corrected chi connectivity index (χ1v) is 8.37. The Morgan fingerprint density at radius 3 is 2.15 bits per heavy atom. The molecule has 0 N–H and O–H groups in total. The standard InChI is InChI=1S/C18H23F5O3/c1-3-4-5-9-12-14(15(19)20)26-16(24)17(25-2,18(21,22)23)13-10-7-6-8-11-13/h6-8,10-11,14-15H,3-5,9,12H2,1-2H3/t14-,17+/m1/s1. The first kappa shape index (κ1) is 22.3. The highest BCUT2D eigenvalue weighted by Crippen LogP contribution is 2.43. The minimum Gasteiger partial charge on any atom is -0.454 e. The number of rotatable bonds is 10. The second-order valence-corrected chi connectivity index (χ2v) is 5.88. The molecule has 0 unspecified atom stereocenters. The fourth-order valence-electron chi connectivity index (χ4n) is 2.62. The van der Waals surface area contributed by atoms with Crippen molar-refractivity contribution in [3.8, 4) is 0 Å². The largest absolute Gasteiger partial charge is 0.454 e. The second-order valence-electron chi connectivity index (χ2n) is 5.88. The highest BCUT2D eigenvalue weighted by Gasteiger charge is 2.64. The van der Waals surface area contributed by atoms with Gasteiger partial charge in [0.05, 0.1) is 0 Å². The predicted octanol–water partition coefficient (Wildman–Crippen LogP) is 5.24. The number of ether oxygens (including phenoxy) is 2. The summed E-state index contributed by atoms with van der Waals surface area (Å²) in [6.45, 7) is 1.93. The van der Waals surface area contributed by atoms with Gasteiger partial charge in [0.2, 0.25) is 0 Å². The van der Waals surface area contributed by atoms with E-state index in [-0.39, 0.29) is 6.42 Å². The monoisotopic (exact) mass is 382 g/mol. The molecule has 0 aromatic heterocycles. The number of alkyl halides is 5. The highest BCUT2D eigenvalue weighted by atomic mass is 19.4. The van der Waals surface area contributed by atoms with Crippen molar-refractivity contribution in [2.24, 2.45) is 0 Å². The molecule has 0 amide bonds. The third-order valence-electron chi connectivity index (χ3n) is 4.05. The number of carbonyl (C=O) groups is 1. The molecule has 26 heavy (non-hydrogen) atoms. The van der Waals surface area contributed by atoms with Gasteiger partial charge in [-0.1, -0.05) is 56.5 Å². The Kier molecular flexibility index (Phi) is 8.46. The van der Waals surface area contributed by atoms with Crippen LogP contribution in [0.2, 0.25) is 0 Å².